The standard InChI is InChI=1S/C52H36N2/c1-52(2)45-19-9-5-14-37(45)38-28-25-34(31-46(38)52)54-49-22-12-8-17-41(49)42-26-23-32(29-50(42)54)51-43-18-4-3-13-35(43)36-27-24-33(30-44(36)51)53-47-20-10-6-15-39(47)40-16-7-11-21-48(40)53/h3-31,51H,1-2H3. The Morgan fingerprint density at radius 3 is 1.57 bits per heavy atom. The van der Waals surface area contributed by atoms with Crippen molar-refractivity contribution in [3.8, 4) is 33.6 Å². The largest absolute Gasteiger partial charge is 0.309 e. The number of rotatable bonds is 3. The minimum atomic E-state index is -0.0722. The number of aromatic nitrogens is 2. The first-order valence-corrected chi connectivity index (χ1v) is 19.1. The van der Waals surface area contributed by atoms with Crippen molar-refractivity contribution in [3.63, 3.8) is 0 Å². The highest BCUT2D eigenvalue weighted by atomic mass is 15.0. The molecule has 0 aliphatic heterocycles. The summed E-state index contributed by atoms with van der Waals surface area (Å²) in [4.78, 5) is 0. The molecule has 2 aromatic heterocycles. The van der Waals surface area contributed by atoms with E-state index in [1.807, 2.05) is 0 Å². The first-order chi connectivity index (χ1) is 26.6. The molecule has 0 saturated carbocycles. The Labute approximate surface area is 314 Å². The molecule has 0 N–H and O–H groups in total. The Morgan fingerprint density at radius 2 is 0.870 bits per heavy atom. The normalized spacial score (nSPS) is 15.2. The van der Waals surface area contributed by atoms with Gasteiger partial charge in [0, 0.05) is 44.3 Å². The van der Waals surface area contributed by atoms with Crippen LogP contribution in [0.1, 0.15) is 47.6 Å². The lowest BCUT2D eigenvalue weighted by Crippen LogP contribution is -2.15. The maximum absolute atomic E-state index is 2.50. The quantitative estimate of drug-likeness (QED) is 0.175. The lowest BCUT2D eigenvalue weighted by atomic mass is 9.82. The van der Waals surface area contributed by atoms with Gasteiger partial charge in [0.05, 0.1) is 22.1 Å². The monoisotopic (exact) mass is 688 g/mol. The third-order valence-electron chi connectivity index (χ3n) is 12.6. The Balaban J connectivity index is 1.08. The molecule has 2 aliphatic carbocycles. The number of benzene rings is 8. The van der Waals surface area contributed by atoms with Crippen molar-refractivity contribution in [3.05, 3.63) is 204 Å². The summed E-state index contributed by atoms with van der Waals surface area (Å²) in [6.45, 7) is 4.74. The molecule has 0 bridgehead atoms. The summed E-state index contributed by atoms with van der Waals surface area (Å²) in [5.74, 6) is 0.105. The van der Waals surface area contributed by atoms with Crippen LogP contribution in [0.2, 0.25) is 0 Å². The minimum absolute atomic E-state index is 0.0722. The fraction of sp³-hybridized carbons (Fsp3) is 0.0769. The van der Waals surface area contributed by atoms with Crippen molar-refractivity contribution in [2.75, 3.05) is 0 Å². The molecule has 0 spiro atoms. The van der Waals surface area contributed by atoms with Crippen molar-refractivity contribution in [1.29, 1.82) is 0 Å². The van der Waals surface area contributed by atoms with Gasteiger partial charge in [-0.3, -0.25) is 0 Å². The zero-order valence-corrected chi connectivity index (χ0v) is 30.2. The van der Waals surface area contributed by atoms with Gasteiger partial charge in [0.2, 0.25) is 0 Å². The second kappa shape index (κ2) is 10.7. The molecule has 12 rings (SSSR count). The van der Waals surface area contributed by atoms with E-state index in [0.717, 1.165) is 0 Å². The Hall–Kier alpha value is -6.64. The van der Waals surface area contributed by atoms with Crippen LogP contribution in [0.5, 0.6) is 0 Å². The fourth-order valence-electron chi connectivity index (χ4n) is 10.2. The molecular weight excluding hydrogens is 653 g/mol. The van der Waals surface area contributed by atoms with E-state index in [2.05, 4.69) is 199 Å². The van der Waals surface area contributed by atoms with Crippen LogP contribution in [0.3, 0.4) is 0 Å². The summed E-state index contributed by atoms with van der Waals surface area (Å²) in [7, 11) is 0. The number of hydrogen-bond donors (Lipinski definition) is 0. The Bertz CT molecular complexity index is 3150. The van der Waals surface area contributed by atoms with E-state index >= 15 is 0 Å². The van der Waals surface area contributed by atoms with E-state index in [1.165, 1.54) is 105 Å². The first kappa shape index (κ1) is 29.9. The van der Waals surface area contributed by atoms with Gasteiger partial charge in [-0.2, -0.15) is 0 Å². The Morgan fingerprint density at radius 1 is 0.370 bits per heavy atom. The lowest BCUT2D eigenvalue weighted by molar-refractivity contribution is 0.660. The highest BCUT2D eigenvalue weighted by Gasteiger charge is 2.36. The minimum Gasteiger partial charge on any atom is -0.309 e. The molecule has 2 nitrogen and oxygen atoms in total. The molecule has 254 valence electrons. The summed E-state index contributed by atoms with van der Waals surface area (Å²) in [5, 5.41) is 5.13. The van der Waals surface area contributed by atoms with Crippen LogP contribution in [0, 0.1) is 0 Å². The molecule has 54 heavy (non-hydrogen) atoms. The van der Waals surface area contributed by atoms with Crippen molar-refractivity contribution in [2.45, 2.75) is 25.2 Å². The molecule has 0 radical (unpaired) electrons. The van der Waals surface area contributed by atoms with Crippen molar-refractivity contribution in [1.82, 2.24) is 9.13 Å². The molecule has 1 unspecified atom stereocenters. The van der Waals surface area contributed by atoms with Crippen molar-refractivity contribution in [2.24, 2.45) is 0 Å². The average Bonchev–Trinajstić information content (AvgIpc) is 3.91. The zero-order chi connectivity index (χ0) is 35.7. The van der Waals surface area contributed by atoms with E-state index in [9.17, 15) is 0 Å². The van der Waals surface area contributed by atoms with E-state index in [4.69, 9.17) is 0 Å². The van der Waals surface area contributed by atoms with Gasteiger partial charge in [-0.1, -0.05) is 141 Å². The maximum atomic E-state index is 2.50. The molecular formula is C52H36N2. The number of nitrogens with zero attached hydrogens (tertiary/aromatic N) is 2. The topological polar surface area (TPSA) is 9.86 Å². The van der Waals surface area contributed by atoms with Crippen molar-refractivity contribution >= 4 is 43.6 Å². The number of para-hydroxylation sites is 3. The molecule has 8 aromatic carbocycles. The van der Waals surface area contributed by atoms with Gasteiger partial charge < -0.3 is 9.13 Å². The lowest BCUT2D eigenvalue weighted by Gasteiger charge is -2.22. The summed E-state index contributed by atoms with van der Waals surface area (Å²) in [6.07, 6.45) is 0. The second-order valence-corrected chi connectivity index (χ2v) is 15.7. The third-order valence-corrected chi connectivity index (χ3v) is 12.6. The zero-order valence-electron chi connectivity index (χ0n) is 30.2. The maximum Gasteiger partial charge on any atom is 0.0544 e. The smallest absolute Gasteiger partial charge is 0.0544 e. The molecule has 10 aromatic rings. The summed E-state index contributed by atoms with van der Waals surface area (Å²) < 4.78 is 4.95. The summed E-state index contributed by atoms with van der Waals surface area (Å²) in [5.41, 5.74) is 19.4. The van der Waals surface area contributed by atoms with Crippen LogP contribution in [0.4, 0.5) is 0 Å². The van der Waals surface area contributed by atoms with Crippen LogP contribution in [-0.2, 0) is 5.41 Å². The van der Waals surface area contributed by atoms with E-state index < -0.39 is 0 Å². The van der Waals surface area contributed by atoms with Gasteiger partial charge in [0.15, 0.2) is 0 Å². The molecule has 0 fully saturated rings. The third kappa shape index (κ3) is 3.90. The first-order valence-electron chi connectivity index (χ1n) is 19.1. The van der Waals surface area contributed by atoms with Crippen LogP contribution in [0.15, 0.2) is 176 Å². The molecule has 1 atom stereocenters. The molecule has 2 aliphatic rings. The van der Waals surface area contributed by atoms with E-state index in [0.29, 0.717) is 0 Å². The highest BCUT2D eigenvalue weighted by Crippen LogP contribution is 2.51. The van der Waals surface area contributed by atoms with E-state index in [1.54, 1.807) is 0 Å². The average molecular weight is 689 g/mol. The van der Waals surface area contributed by atoms with Crippen LogP contribution >= 0.6 is 0 Å². The summed E-state index contributed by atoms with van der Waals surface area (Å²) in [6, 6.07) is 65.9. The number of hydrogen-bond acceptors (Lipinski definition) is 0. The van der Waals surface area contributed by atoms with Gasteiger partial charge in [-0.05, 0) is 98.6 Å². The van der Waals surface area contributed by atoms with Gasteiger partial charge in [-0.25, -0.2) is 0 Å². The van der Waals surface area contributed by atoms with Crippen LogP contribution in [0.25, 0.3) is 77.2 Å². The van der Waals surface area contributed by atoms with Crippen molar-refractivity contribution < 1.29 is 0 Å². The fourth-order valence-corrected chi connectivity index (χ4v) is 10.2. The second-order valence-electron chi connectivity index (χ2n) is 15.7. The van der Waals surface area contributed by atoms with Gasteiger partial charge in [-0.15, -0.1) is 0 Å². The molecule has 0 saturated heterocycles. The van der Waals surface area contributed by atoms with Gasteiger partial charge in [0.1, 0.15) is 0 Å². The molecule has 2 heterocycles. The Kier molecular flexibility index (Phi) is 5.93. The summed E-state index contributed by atoms with van der Waals surface area (Å²) >= 11 is 0. The van der Waals surface area contributed by atoms with E-state index in [-0.39, 0.29) is 11.3 Å². The van der Waals surface area contributed by atoms with Crippen LogP contribution < -0.4 is 0 Å². The predicted octanol–water partition coefficient (Wildman–Crippen LogP) is 13.3. The number of fused-ring (bicyclic) bond motifs is 12. The SMILES string of the molecule is CC1(C)c2ccccc2-c2ccc(-n3c4ccccc4c4ccc(C5c6ccccc6-c6ccc(-n7c8ccccc8c8ccccc87)cc65)cc43)cc21. The highest BCUT2D eigenvalue weighted by molar-refractivity contribution is 6.10. The molecule has 2 heteroatoms. The van der Waals surface area contributed by atoms with Gasteiger partial charge in [0.25, 0.3) is 0 Å². The molecule has 0 amide bonds. The predicted molar refractivity (Wildman–Crippen MR) is 226 cm³/mol. The van der Waals surface area contributed by atoms with Gasteiger partial charge >= 0.3 is 0 Å². The van der Waals surface area contributed by atoms with Crippen LogP contribution in [-0.4, -0.2) is 9.13 Å².